The van der Waals surface area contributed by atoms with E-state index >= 15 is 0 Å². The van der Waals surface area contributed by atoms with E-state index < -0.39 is 0 Å². The molecular weight excluding hydrogens is 238 g/mol. The van der Waals surface area contributed by atoms with Gasteiger partial charge in [0.25, 0.3) is 0 Å². The van der Waals surface area contributed by atoms with Crippen LogP contribution in [0, 0.1) is 12.8 Å². The number of carbonyl (C=O) groups excluding carboxylic acids is 1. The number of hydrogen-bond acceptors (Lipinski definition) is 3. The monoisotopic (exact) mass is 261 g/mol. The van der Waals surface area contributed by atoms with Gasteiger partial charge in [0.2, 0.25) is 0 Å². The molecule has 0 N–H and O–H groups in total. The number of hydrogen-bond donors (Lipinski definition) is 0. The first-order valence-electron chi connectivity index (χ1n) is 7.03. The fourth-order valence-electron chi connectivity index (χ4n) is 2.45. The van der Waals surface area contributed by atoms with Crippen LogP contribution in [0.2, 0.25) is 0 Å². The van der Waals surface area contributed by atoms with Crippen molar-refractivity contribution in [2.45, 2.75) is 39.8 Å². The largest absolute Gasteiger partial charge is 0.463 e. The minimum atomic E-state index is -0.0404. The smallest absolute Gasteiger partial charge is 0.310 e. The molecule has 1 aliphatic rings. The van der Waals surface area contributed by atoms with Gasteiger partial charge < -0.3 is 4.74 Å². The Kier molecular flexibility index (Phi) is 4.59. The molecule has 1 atom stereocenters. The van der Waals surface area contributed by atoms with Gasteiger partial charge in [-0.3, -0.25) is 9.69 Å². The topological polar surface area (TPSA) is 29.5 Å². The SMILES string of the molecule is Cc1ccc(CN2CCC(C(=O)OC(C)C)C2)cc1. The number of aryl methyl sites for hydroxylation is 1. The molecule has 0 aromatic heterocycles. The van der Waals surface area contributed by atoms with Crippen LogP contribution in [-0.4, -0.2) is 30.1 Å². The Labute approximate surface area is 115 Å². The predicted molar refractivity (Wildman–Crippen MR) is 75.8 cm³/mol. The summed E-state index contributed by atoms with van der Waals surface area (Å²) in [5, 5.41) is 0. The summed E-state index contributed by atoms with van der Waals surface area (Å²) in [5.41, 5.74) is 2.59. The second-order valence-corrected chi connectivity index (χ2v) is 5.69. The summed E-state index contributed by atoms with van der Waals surface area (Å²) in [6.45, 7) is 8.61. The third-order valence-corrected chi connectivity index (χ3v) is 3.48. The van der Waals surface area contributed by atoms with Crippen LogP contribution in [0.15, 0.2) is 24.3 Å². The molecule has 1 aliphatic heterocycles. The molecule has 104 valence electrons. The van der Waals surface area contributed by atoms with E-state index in [4.69, 9.17) is 4.74 Å². The number of rotatable bonds is 4. The standard InChI is InChI=1S/C16H23NO2/c1-12(2)19-16(18)15-8-9-17(11-15)10-14-6-4-13(3)5-7-14/h4-7,12,15H,8-11H2,1-3H3. The van der Waals surface area contributed by atoms with Gasteiger partial charge in [-0.1, -0.05) is 29.8 Å². The van der Waals surface area contributed by atoms with Crippen molar-refractivity contribution in [1.82, 2.24) is 4.90 Å². The fraction of sp³-hybridized carbons (Fsp3) is 0.562. The van der Waals surface area contributed by atoms with Crippen LogP contribution in [0.5, 0.6) is 0 Å². The zero-order chi connectivity index (χ0) is 13.8. The zero-order valence-electron chi connectivity index (χ0n) is 12.1. The lowest BCUT2D eigenvalue weighted by Crippen LogP contribution is -2.25. The van der Waals surface area contributed by atoms with E-state index in [1.807, 2.05) is 13.8 Å². The van der Waals surface area contributed by atoms with Gasteiger partial charge in [-0.25, -0.2) is 0 Å². The van der Waals surface area contributed by atoms with Gasteiger partial charge in [-0.15, -0.1) is 0 Å². The molecule has 1 aromatic rings. The highest BCUT2D eigenvalue weighted by Crippen LogP contribution is 2.20. The van der Waals surface area contributed by atoms with E-state index in [0.29, 0.717) is 0 Å². The van der Waals surface area contributed by atoms with Crippen LogP contribution in [0.25, 0.3) is 0 Å². The summed E-state index contributed by atoms with van der Waals surface area (Å²) in [7, 11) is 0. The fourth-order valence-corrected chi connectivity index (χ4v) is 2.45. The lowest BCUT2D eigenvalue weighted by molar-refractivity contribution is -0.151. The van der Waals surface area contributed by atoms with E-state index in [1.54, 1.807) is 0 Å². The molecule has 3 nitrogen and oxygen atoms in total. The Balaban J connectivity index is 1.85. The predicted octanol–water partition coefficient (Wildman–Crippen LogP) is 2.77. The molecule has 0 saturated carbocycles. The molecule has 0 amide bonds. The van der Waals surface area contributed by atoms with Crippen molar-refractivity contribution >= 4 is 5.97 Å². The minimum Gasteiger partial charge on any atom is -0.463 e. The number of likely N-dealkylation sites (tertiary alicyclic amines) is 1. The van der Waals surface area contributed by atoms with Crippen LogP contribution in [0.3, 0.4) is 0 Å². The first kappa shape index (κ1) is 14.1. The normalized spacial score (nSPS) is 19.9. The first-order chi connectivity index (χ1) is 9.04. The van der Waals surface area contributed by atoms with Crippen LogP contribution < -0.4 is 0 Å². The quantitative estimate of drug-likeness (QED) is 0.781. The highest BCUT2D eigenvalue weighted by atomic mass is 16.5. The third-order valence-electron chi connectivity index (χ3n) is 3.48. The van der Waals surface area contributed by atoms with E-state index in [-0.39, 0.29) is 18.0 Å². The van der Waals surface area contributed by atoms with Crippen LogP contribution >= 0.6 is 0 Å². The van der Waals surface area contributed by atoms with Crippen LogP contribution in [0.1, 0.15) is 31.4 Å². The van der Waals surface area contributed by atoms with E-state index in [0.717, 1.165) is 26.1 Å². The van der Waals surface area contributed by atoms with Gasteiger partial charge in [-0.2, -0.15) is 0 Å². The second kappa shape index (κ2) is 6.20. The Morgan fingerprint density at radius 1 is 1.37 bits per heavy atom. The molecule has 0 spiro atoms. The summed E-state index contributed by atoms with van der Waals surface area (Å²) in [6, 6.07) is 8.59. The highest BCUT2D eigenvalue weighted by molar-refractivity contribution is 5.73. The molecule has 1 fully saturated rings. The number of esters is 1. The summed E-state index contributed by atoms with van der Waals surface area (Å²) < 4.78 is 5.28. The summed E-state index contributed by atoms with van der Waals surface area (Å²) in [6.07, 6.45) is 0.899. The number of nitrogens with zero attached hydrogens (tertiary/aromatic N) is 1. The van der Waals surface area contributed by atoms with Gasteiger partial charge in [0.1, 0.15) is 0 Å². The Morgan fingerprint density at radius 2 is 2.05 bits per heavy atom. The molecule has 2 rings (SSSR count). The molecule has 1 heterocycles. The van der Waals surface area contributed by atoms with Crippen molar-refractivity contribution in [3.63, 3.8) is 0 Å². The Morgan fingerprint density at radius 3 is 2.68 bits per heavy atom. The van der Waals surface area contributed by atoms with Gasteiger partial charge >= 0.3 is 5.97 Å². The lowest BCUT2D eigenvalue weighted by atomic mass is 10.1. The van der Waals surface area contributed by atoms with E-state index in [9.17, 15) is 4.79 Å². The van der Waals surface area contributed by atoms with Crippen LogP contribution in [-0.2, 0) is 16.1 Å². The van der Waals surface area contributed by atoms with Crippen molar-refractivity contribution < 1.29 is 9.53 Å². The number of benzene rings is 1. The Bertz CT molecular complexity index is 425. The van der Waals surface area contributed by atoms with Crippen LogP contribution in [0.4, 0.5) is 0 Å². The zero-order valence-corrected chi connectivity index (χ0v) is 12.1. The van der Waals surface area contributed by atoms with Gasteiger partial charge in [0.15, 0.2) is 0 Å². The van der Waals surface area contributed by atoms with Crippen molar-refractivity contribution in [2.75, 3.05) is 13.1 Å². The maximum absolute atomic E-state index is 11.8. The van der Waals surface area contributed by atoms with E-state index in [1.165, 1.54) is 11.1 Å². The minimum absolute atomic E-state index is 0.0151. The summed E-state index contributed by atoms with van der Waals surface area (Å²) in [5.74, 6) is 0.00857. The van der Waals surface area contributed by atoms with Gasteiger partial charge in [0, 0.05) is 13.1 Å². The maximum atomic E-state index is 11.8. The average molecular weight is 261 g/mol. The summed E-state index contributed by atoms with van der Waals surface area (Å²) >= 11 is 0. The lowest BCUT2D eigenvalue weighted by Gasteiger charge is -2.16. The maximum Gasteiger partial charge on any atom is 0.310 e. The number of ether oxygens (including phenoxy) is 1. The third kappa shape index (κ3) is 4.06. The molecule has 3 heteroatoms. The van der Waals surface area contributed by atoms with Crippen molar-refractivity contribution in [2.24, 2.45) is 5.92 Å². The average Bonchev–Trinajstić information content (AvgIpc) is 2.80. The second-order valence-electron chi connectivity index (χ2n) is 5.69. The Hall–Kier alpha value is -1.35. The number of carbonyl (C=O) groups is 1. The molecule has 1 aromatic carbocycles. The van der Waals surface area contributed by atoms with Crippen molar-refractivity contribution in [1.29, 1.82) is 0 Å². The molecule has 0 radical (unpaired) electrons. The molecule has 1 saturated heterocycles. The molecule has 1 unspecified atom stereocenters. The van der Waals surface area contributed by atoms with Gasteiger partial charge in [0.05, 0.1) is 12.0 Å². The first-order valence-corrected chi connectivity index (χ1v) is 7.03. The van der Waals surface area contributed by atoms with Crippen molar-refractivity contribution in [3.8, 4) is 0 Å². The molecule has 19 heavy (non-hydrogen) atoms. The summed E-state index contributed by atoms with van der Waals surface area (Å²) in [4.78, 5) is 14.2. The van der Waals surface area contributed by atoms with E-state index in [2.05, 4.69) is 36.1 Å². The molecular formula is C16H23NO2. The molecule has 0 bridgehead atoms. The van der Waals surface area contributed by atoms with Crippen molar-refractivity contribution in [3.05, 3.63) is 35.4 Å². The van der Waals surface area contributed by atoms with Gasteiger partial charge in [-0.05, 0) is 39.3 Å². The highest BCUT2D eigenvalue weighted by Gasteiger charge is 2.29. The molecule has 0 aliphatic carbocycles.